The summed E-state index contributed by atoms with van der Waals surface area (Å²) in [7, 11) is 0. The topological polar surface area (TPSA) is 26.3 Å². The average molecular weight is 312 g/mol. The summed E-state index contributed by atoms with van der Waals surface area (Å²) in [6.45, 7) is 9.71. The van der Waals surface area contributed by atoms with E-state index in [1.807, 2.05) is 12.1 Å². The van der Waals surface area contributed by atoms with Gasteiger partial charge in [-0.2, -0.15) is 0 Å². The number of ether oxygens (including phenoxy) is 1. The van der Waals surface area contributed by atoms with Gasteiger partial charge in [0.15, 0.2) is 0 Å². The van der Waals surface area contributed by atoms with Crippen LogP contribution >= 0.6 is 0 Å². The van der Waals surface area contributed by atoms with Gasteiger partial charge in [-0.3, -0.25) is 4.79 Å². The highest BCUT2D eigenvalue weighted by Crippen LogP contribution is 2.41. The fourth-order valence-corrected chi connectivity index (χ4v) is 3.30. The molecule has 2 nitrogen and oxygen atoms in total. The molecule has 0 atom stereocenters. The predicted molar refractivity (Wildman–Crippen MR) is 96.0 cm³/mol. The van der Waals surface area contributed by atoms with Gasteiger partial charge < -0.3 is 4.74 Å². The molecule has 124 valence electrons. The highest BCUT2D eigenvalue weighted by Gasteiger charge is 2.27. The maximum Gasteiger partial charge on any atom is 0.150 e. The number of allylic oxidation sites excluding steroid dienone is 3. The van der Waals surface area contributed by atoms with Gasteiger partial charge in [0.05, 0.1) is 0 Å². The zero-order valence-corrected chi connectivity index (χ0v) is 14.8. The van der Waals surface area contributed by atoms with Crippen molar-refractivity contribution in [2.45, 2.75) is 53.4 Å². The maximum atomic E-state index is 10.6. The van der Waals surface area contributed by atoms with Crippen LogP contribution < -0.4 is 4.74 Å². The Labute approximate surface area is 140 Å². The molecule has 1 aliphatic carbocycles. The van der Waals surface area contributed by atoms with Gasteiger partial charge in [-0.05, 0) is 74.8 Å². The lowest BCUT2D eigenvalue weighted by molar-refractivity contribution is 0.112. The highest BCUT2D eigenvalue weighted by atomic mass is 16.5. The first-order valence-electron chi connectivity index (χ1n) is 8.45. The van der Waals surface area contributed by atoms with Gasteiger partial charge in [0.2, 0.25) is 0 Å². The summed E-state index contributed by atoms with van der Waals surface area (Å²) in [5.74, 6) is 0.803. The first kappa shape index (κ1) is 17.5. The third kappa shape index (κ3) is 4.82. The third-order valence-corrected chi connectivity index (χ3v) is 4.82. The molecule has 1 aromatic rings. The summed E-state index contributed by atoms with van der Waals surface area (Å²) >= 11 is 0. The van der Waals surface area contributed by atoms with E-state index in [0.29, 0.717) is 17.6 Å². The molecule has 0 bridgehead atoms. The smallest absolute Gasteiger partial charge is 0.150 e. The second-order valence-electron chi connectivity index (χ2n) is 7.23. The van der Waals surface area contributed by atoms with Crippen molar-refractivity contribution in [3.05, 3.63) is 52.6 Å². The van der Waals surface area contributed by atoms with Gasteiger partial charge in [-0.25, -0.2) is 0 Å². The van der Waals surface area contributed by atoms with Crippen LogP contribution in [0.1, 0.15) is 63.7 Å². The lowest BCUT2D eigenvalue weighted by Crippen LogP contribution is -2.20. The number of carbonyl (C=O) groups excluding carboxylic acids is 1. The summed E-state index contributed by atoms with van der Waals surface area (Å²) in [5, 5.41) is 0. The molecule has 0 fully saturated rings. The van der Waals surface area contributed by atoms with E-state index in [0.717, 1.165) is 18.5 Å². The first-order valence-corrected chi connectivity index (χ1v) is 8.45. The van der Waals surface area contributed by atoms with Crippen molar-refractivity contribution in [3.63, 3.8) is 0 Å². The predicted octanol–water partition coefficient (Wildman–Crippen LogP) is 5.74. The van der Waals surface area contributed by atoms with Gasteiger partial charge >= 0.3 is 0 Å². The second kappa shape index (κ2) is 7.63. The molecule has 0 spiro atoms. The van der Waals surface area contributed by atoms with Crippen molar-refractivity contribution in [1.29, 1.82) is 0 Å². The molecule has 2 rings (SSSR count). The van der Waals surface area contributed by atoms with Crippen LogP contribution in [0.25, 0.3) is 0 Å². The van der Waals surface area contributed by atoms with E-state index >= 15 is 0 Å². The zero-order valence-electron chi connectivity index (χ0n) is 14.8. The molecule has 0 unspecified atom stereocenters. The van der Waals surface area contributed by atoms with E-state index < -0.39 is 0 Å². The van der Waals surface area contributed by atoms with Crippen molar-refractivity contribution in [3.8, 4) is 5.75 Å². The fourth-order valence-electron chi connectivity index (χ4n) is 3.30. The van der Waals surface area contributed by atoms with Crippen molar-refractivity contribution in [1.82, 2.24) is 0 Å². The summed E-state index contributed by atoms with van der Waals surface area (Å²) < 4.78 is 5.79. The summed E-state index contributed by atoms with van der Waals surface area (Å²) in [6, 6.07) is 7.24. The number of hydrogen-bond donors (Lipinski definition) is 0. The molecule has 0 saturated carbocycles. The van der Waals surface area contributed by atoms with Crippen LogP contribution in [0.2, 0.25) is 0 Å². The molecule has 0 heterocycles. The van der Waals surface area contributed by atoms with Crippen LogP contribution in [0.3, 0.4) is 0 Å². The molecular weight excluding hydrogens is 284 g/mol. The van der Waals surface area contributed by atoms with Crippen LogP contribution in [0.5, 0.6) is 5.75 Å². The Kier molecular flexibility index (Phi) is 5.81. The number of rotatable bonds is 6. The van der Waals surface area contributed by atoms with E-state index in [9.17, 15) is 4.79 Å². The minimum Gasteiger partial charge on any atom is -0.489 e. The van der Waals surface area contributed by atoms with Crippen LogP contribution in [0, 0.1) is 5.41 Å². The molecule has 1 aromatic carbocycles. The standard InChI is InChI=1S/C21H28O2/c1-16(15-23-19-10-8-18(14-22)9-11-19)7-12-20-17(2)6-5-13-21(20,3)4/h7-11,14H,5-6,12-13,15H2,1-4H3. The van der Waals surface area contributed by atoms with Crippen molar-refractivity contribution < 1.29 is 9.53 Å². The SMILES string of the molecule is CC(=CCC1=C(C)CCCC1(C)C)COc1ccc(C=O)cc1. The van der Waals surface area contributed by atoms with Gasteiger partial charge in [0.25, 0.3) is 0 Å². The van der Waals surface area contributed by atoms with E-state index in [-0.39, 0.29) is 0 Å². The Morgan fingerprint density at radius 1 is 1.26 bits per heavy atom. The lowest BCUT2D eigenvalue weighted by Gasteiger charge is -2.34. The Morgan fingerprint density at radius 2 is 1.96 bits per heavy atom. The number of benzene rings is 1. The van der Waals surface area contributed by atoms with Crippen LogP contribution in [0.15, 0.2) is 47.1 Å². The molecule has 0 aliphatic heterocycles. The Morgan fingerprint density at radius 3 is 2.57 bits per heavy atom. The fraction of sp³-hybridized carbons (Fsp3) is 0.476. The molecule has 0 saturated heterocycles. The minimum atomic E-state index is 0.324. The number of aldehydes is 1. The Hall–Kier alpha value is -1.83. The average Bonchev–Trinajstić information content (AvgIpc) is 2.52. The Balaban J connectivity index is 1.93. The quantitative estimate of drug-likeness (QED) is 0.494. The van der Waals surface area contributed by atoms with Crippen LogP contribution in [-0.4, -0.2) is 12.9 Å². The van der Waals surface area contributed by atoms with Crippen LogP contribution in [-0.2, 0) is 0 Å². The van der Waals surface area contributed by atoms with Crippen molar-refractivity contribution in [2.75, 3.05) is 6.61 Å². The Bertz CT molecular complexity index is 603. The van der Waals surface area contributed by atoms with E-state index in [1.54, 1.807) is 23.3 Å². The molecule has 0 N–H and O–H groups in total. The monoisotopic (exact) mass is 312 g/mol. The third-order valence-electron chi connectivity index (χ3n) is 4.82. The molecule has 0 radical (unpaired) electrons. The van der Waals surface area contributed by atoms with Gasteiger partial charge in [0.1, 0.15) is 18.6 Å². The van der Waals surface area contributed by atoms with E-state index in [1.165, 1.54) is 24.8 Å². The summed E-state index contributed by atoms with van der Waals surface area (Å²) in [6.07, 6.45) is 8.00. The minimum absolute atomic E-state index is 0.324. The zero-order chi connectivity index (χ0) is 16.9. The second-order valence-corrected chi connectivity index (χ2v) is 7.23. The van der Waals surface area contributed by atoms with Crippen molar-refractivity contribution >= 4 is 6.29 Å². The molecule has 1 aliphatic rings. The molecule has 23 heavy (non-hydrogen) atoms. The molecule has 2 heteroatoms. The number of carbonyl (C=O) groups is 1. The van der Waals surface area contributed by atoms with Crippen LogP contribution in [0.4, 0.5) is 0 Å². The molecule has 0 aromatic heterocycles. The van der Waals surface area contributed by atoms with E-state index in [2.05, 4.69) is 33.8 Å². The molecular formula is C21H28O2. The summed E-state index contributed by atoms with van der Waals surface area (Å²) in [4.78, 5) is 10.6. The van der Waals surface area contributed by atoms with Gasteiger partial charge in [-0.15, -0.1) is 0 Å². The van der Waals surface area contributed by atoms with Gasteiger partial charge in [-0.1, -0.05) is 31.1 Å². The number of hydrogen-bond acceptors (Lipinski definition) is 2. The van der Waals surface area contributed by atoms with E-state index in [4.69, 9.17) is 4.74 Å². The van der Waals surface area contributed by atoms with Gasteiger partial charge in [0, 0.05) is 5.56 Å². The first-order chi connectivity index (χ1) is 10.9. The highest BCUT2D eigenvalue weighted by molar-refractivity contribution is 5.74. The molecule has 0 amide bonds. The normalized spacial score (nSPS) is 18.0. The van der Waals surface area contributed by atoms with Crippen molar-refractivity contribution in [2.24, 2.45) is 5.41 Å². The summed E-state index contributed by atoms with van der Waals surface area (Å²) in [5.41, 5.74) is 5.40. The largest absolute Gasteiger partial charge is 0.489 e. The maximum absolute atomic E-state index is 10.6. The lowest BCUT2D eigenvalue weighted by atomic mass is 9.71.